The molecule has 2 nitrogen and oxygen atoms in total. The van der Waals surface area contributed by atoms with Crippen molar-refractivity contribution in [1.82, 2.24) is 0 Å². The van der Waals surface area contributed by atoms with Gasteiger partial charge in [-0.2, -0.15) is 0 Å². The van der Waals surface area contributed by atoms with E-state index in [1.165, 1.54) is 0 Å². The first kappa shape index (κ1) is 15.3. The molecule has 0 N–H and O–H groups in total. The molecule has 3 heteroatoms. The van der Waals surface area contributed by atoms with Crippen LogP contribution < -0.4 is 0 Å². The van der Waals surface area contributed by atoms with Crippen LogP contribution >= 0.6 is 0 Å². The van der Waals surface area contributed by atoms with E-state index in [0.717, 1.165) is 11.1 Å². The van der Waals surface area contributed by atoms with Crippen LogP contribution in [0.4, 0.5) is 0 Å². The Bertz CT molecular complexity index is 613. The first-order valence-corrected chi connectivity index (χ1v) is 10.5. The average Bonchev–Trinajstić information content (AvgIpc) is 2.45. The topological polar surface area (TPSA) is 21.6 Å². The van der Waals surface area contributed by atoms with Gasteiger partial charge in [0.05, 0.1) is 0 Å². The molecule has 21 heavy (non-hydrogen) atoms. The maximum absolute atomic E-state index is 6.07. The first-order chi connectivity index (χ1) is 10.0. The van der Waals surface area contributed by atoms with Gasteiger partial charge in [0, 0.05) is 12.3 Å². The predicted molar refractivity (Wildman–Crippen MR) is 92.9 cm³/mol. The predicted octanol–water partition coefficient (Wildman–Crippen LogP) is 4.96. The van der Waals surface area contributed by atoms with E-state index in [2.05, 4.69) is 24.6 Å². The zero-order valence-corrected chi connectivity index (χ0v) is 13.8. The molecule has 0 heterocycles. The van der Waals surface area contributed by atoms with Gasteiger partial charge in [-0.1, -0.05) is 60.7 Å². The molecular weight excluding hydrogens is 274 g/mol. The maximum atomic E-state index is 6.07. The van der Waals surface area contributed by atoms with Crippen LogP contribution in [0.5, 0.6) is 0 Å². The molecule has 108 valence electrons. The minimum absolute atomic E-state index is 0.671. The van der Waals surface area contributed by atoms with Crippen molar-refractivity contribution in [2.75, 3.05) is 0 Å². The van der Waals surface area contributed by atoms with E-state index >= 15 is 0 Å². The standard InChI is InChI=1S/C18H21NOSi/c1-21(2,3)20-18(14-16-10-6-4-7-11-16)19-15-17-12-8-5-9-13-17/h4-15H,1-3H3/b18-14-,19-15+. The highest BCUT2D eigenvalue weighted by Gasteiger charge is 2.17. The van der Waals surface area contributed by atoms with Crippen LogP contribution in [0, 0.1) is 0 Å². The summed E-state index contributed by atoms with van der Waals surface area (Å²) in [5.41, 5.74) is 2.16. The van der Waals surface area contributed by atoms with Crippen molar-refractivity contribution in [2.24, 2.45) is 4.99 Å². The Morgan fingerprint density at radius 1 is 0.857 bits per heavy atom. The van der Waals surface area contributed by atoms with Gasteiger partial charge in [-0.3, -0.25) is 0 Å². The second kappa shape index (κ2) is 7.04. The molecule has 0 spiro atoms. The lowest BCUT2D eigenvalue weighted by molar-refractivity contribution is 0.423. The van der Waals surface area contributed by atoms with E-state index in [-0.39, 0.29) is 0 Å². The fraction of sp³-hybridized carbons (Fsp3) is 0.167. The largest absolute Gasteiger partial charge is 0.531 e. The van der Waals surface area contributed by atoms with Gasteiger partial charge in [0.2, 0.25) is 8.32 Å². The van der Waals surface area contributed by atoms with Crippen LogP contribution in [-0.2, 0) is 4.43 Å². The van der Waals surface area contributed by atoms with Crippen molar-refractivity contribution in [2.45, 2.75) is 19.6 Å². The summed E-state index contributed by atoms with van der Waals surface area (Å²) in [5, 5.41) is 0. The molecule has 0 saturated heterocycles. The molecule has 0 fully saturated rings. The Morgan fingerprint density at radius 3 is 1.90 bits per heavy atom. The molecule has 0 atom stereocenters. The van der Waals surface area contributed by atoms with E-state index in [9.17, 15) is 0 Å². The van der Waals surface area contributed by atoms with Gasteiger partial charge in [0.1, 0.15) is 0 Å². The second-order valence-electron chi connectivity index (χ2n) is 5.78. The van der Waals surface area contributed by atoms with E-state index in [1.54, 1.807) is 0 Å². The van der Waals surface area contributed by atoms with E-state index in [4.69, 9.17) is 4.43 Å². The molecule has 2 aromatic carbocycles. The Labute approximate surface area is 128 Å². The van der Waals surface area contributed by atoms with Crippen LogP contribution in [0.3, 0.4) is 0 Å². The van der Waals surface area contributed by atoms with Crippen molar-refractivity contribution < 1.29 is 4.43 Å². The van der Waals surface area contributed by atoms with Crippen LogP contribution in [0.1, 0.15) is 11.1 Å². The van der Waals surface area contributed by atoms with Crippen molar-refractivity contribution in [3.8, 4) is 0 Å². The third-order valence-corrected chi connectivity index (χ3v) is 3.46. The van der Waals surface area contributed by atoms with Gasteiger partial charge in [-0.25, -0.2) is 4.99 Å². The first-order valence-electron chi connectivity index (χ1n) is 7.08. The number of nitrogens with zero attached hydrogens (tertiary/aromatic N) is 1. The summed E-state index contributed by atoms with van der Waals surface area (Å²) in [6.45, 7) is 6.47. The lowest BCUT2D eigenvalue weighted by Gasteiger charge is -2.19. The molecule has 0 aliphatic carbocycles. The smallest absolute Gasteiger partial charge is 0.244 e. The molecule has 0 saturated carbocycles. The van der Waals surface area contributed by atoms with Crippen LogP contribution in [0.25, 0.3) is 6.08 Å². The van der Waals surface area contributed by atoms with Crippen molar-refractivity contribution in [1.29, 1.82) is 0 Å². The van der Waals surface area contributed by atoms with E-state index < -0.39 is 8.32 Å². The summed E-state index contributed by atoms with van der Waals surface area (Å²) >= 11 is 0. The summed E-state index contributed by atoms with van der Waals surface area (Å²) in [6.07, 6.45) is 3.83. The van der Waals surface area contributed by atoms with Gasteiger partial charge in [0.25, 0.3) is 0 Å². The van der Waals surface area contributed by atoms with Crippen molar-refractivity contribution >= 4 is 20.6 Å². The molecule has 0 unspecified atom stereocenters. The second-order valence-corrected chi connectivity index (χ2v) is 10.2. The monoisotopic (exact) mass is 295 g/mol. The van der Waals surface area contributed by atoms with Crippen LogP contribution in [0.2, 0.25) is 19.6 Å². The third-order valence-electron chi connectivity index (χ3n) is 2.64. The number of hydrogen-bond donors (Lipinski definition) is 0. The van der Waals surface area contributed by atoms with Gasteiger partial charge in [0.15, 0.2) is 5.88 Å². The van der Waals surface area contributed by atoms with Crippen molar-refractivity contribution in [3.63, 3.8) is 0 Å². The van der Waals surface area contributed by atoms with Crippen molar-refractivity contribution in [3.05, 3.63) is 77.7 Å². The average molecular weight is 295 g/mol. The van der Waals surface area contributed by atoms with E-state index in [0.29, 0.717) is 5.88 Å². The minimum atomic E-state index is -1.69. The fourth-order valence-corrected chi connectivity index (χ4v) is 2.51. The highest BCUT2D eigenvalue weighted by atomic mass is 28.4. The zero-order valence-electron chi connectivity index (χ0n) is 12.8. The Morgan fingerprint density at radius 2 is 1.38 bits per heavy atom. The minimum Gasteiger partial charge on any atom is -0.531 e. The Balaban J connectivity index is 2.24. The van der Waals surface area contributed by atoms with E-state index in [1.807, 2.05) is 73.0 Å². The van der Waals surface area contributed by atoms with Gasteiger partial charge in [-0.05, 0) is 30.8 Å². The Kier molecular flexibility index (Phi) is 5.12. The molecule has 0 bridgehead atoms. The summed E-state index contributed by atoms with van der Waals surface area (Å²) < 4.78 is 6.07. The van der Waals surface area contributed by atoms with Gasteiger partial charge < -0.3 is 4.43 Å². The van der Waals surface area contributed by atoms with Gasteiger partial charge >= 0.3 is 0 Å². The number of rotatable bonds is 5. The molecule has 0 amide bonds. The molecule has 2 rings (SSSR count). The fourth-order valence-electron chi connectivity index (χ4n) is 1.78. The molecule has 2 aromatic rings. The molecule has 0 aliphatic heterocycles. The third kappa shape index (κ3) is 5.79. The Hall–Kier alpha value is -2.13. The zero-order chi connectivity index (χ0) is 15.1. The lowest BCUT2D eigenvalue weighted by Crippen LogP contribution is -2.24. The number of benzene rings is 2. The highest BCUT2D eigenvalue weighted by molar-refractivity contribution is 6.70. The number of hydrogen-bond acceptors (Lipinski definition) is 2. The normalized spacial score (nSPS) is 12.6. The summed E-state index contributed by atoms with van der Waals surface area (Å²) in [6, 6.07) is 20.2. The summed E-state index contributed by atoms with van der Waals surface area (Å²) in [5.74, 6) is 0.671. The highest BCUT2D eigenvalue weighted by Crippen LogP contribution is 2.15. The maximum Gasteiger partial charge on any atom is 0.244 e. The molecule has 0 aliphatic rings. The molecule has 0 aromatic heterocycles. The quantitative estimate of drug-likeness (QED) is 0.434. The molecular formula is C18H21NOSi. The SMILES string of the molecule is C[Si](C)(C)OC(=C\c1ccccc1)/N=C/c1ccccc1. The summed E-state index contributed by atoms with van der Waals surface area (Å²) in [4.78, 5) is 4.52. The van der Waals surface area contributed by atoms with Crippen LogP contribution in [0.15, 0.2) is 71.5 Å². The van der Waals surface area contributed by atoms with Gasteiger partial charge in [-0.15, -0.1) is 0 Å². The number of aliphatic imine (C=N–C) groups is 1. The summed E-state index contributed by atoms with van der Waals surface area (Å²) in [7, 11) is -1.69. The molecule has 0 radical (unpaired) electrons. The lowest BCUT2D eigenvalue weighted by atomic mass is 10.2. The van der Waals surface area contributed by atoms with Crippen LogP contribution in [-0.4, -0.2) is 14.5 Å².